The minimum absolute atomic E-state index is 0.0787. The molecule has 4 nitrogen and oxygen atoms in total. The molecule has 1 atom stereocenters. The van der Waals surface area contributed by atoms with Crippen molar-refractivity contribution >= 4 is 22.5 Å². The summed E-state index contributed by atoms with van der Waals surface area (Å²) in [6.45, 7) is 3.88. The Labute approximate surface area is 106 Å². The first-order valence-corrected chi connectivity index (χ1v) is 6.31. The van der Waals surface area contributed by atoms with Gasteiger partial charge in [-0.1, -0.05) is 19.1 Å². The van der Waals surface area contributed by atoms with Crippen molar-refractivity contribution in [1.82, 2.24) is 9.88 Å². The highest BCUT2D eigenvalue weighted by Crippen LogP contribution is 2.23. The summed E-state index contributed by atoms with van der Waals surface area (Å²) in [4.78, 5) is 17.4. The van der Waals surface area contributed by atoms with Gasteiger partial charge >= 0.3 is 0 Å². The van der Waals surface area contributed by atoms with Gasteiger partial charge in [0, 0.05) is 18.5 Å². The lowest BCUT2D eigenvalue weighted by atomic mass is 10.2. The zero-order valence-corrected chi connectivity index (χ0v) is 10.4. The molecule has 4 heteroatoms. The Morgan fingerprint density at radius 3 is 3.00 bits per heavy atom. The van der Waals surface area contributed by atoms with Gasteiger partial charge in [0.2, 0.25) is 0 Å². The third-order valence-electron chi connectivity index (χ3n) is 3.63. The van der Waals surface area contributed by atoms with Crippen LogP contribution in [0.5, 0.6) is 0 Å². The molecule has 1 aliphatic rings. The number of anilines is 1. The van der Waals surface area contributed by atoms with Gasteiger partial charge in [-0.2, -0.15) is 0 Å². The highest BCUT2D eigenvalue weighted by Gasteiger charge is 2.25. The number of para-hydroxylation sites is 1. The van der Waals surface area contributed by atoms with Crippen LogP contribution in [0, 0.1) is 5.92 Å². The van der Waals surface area contributed by atoms with Crippen molar-refractivity contribution < 1.29 is 4.79 Å². The predicted octanol–water partition coefficient (Wildman–Crippen LogP) is 2.23. The number of amides is 1. The molecule has 18 heavy (non-hydrogen) atoms. The second-order valence-electron chi connectivity index (χ2n) is 5.14. The summed E-state index contributed by atoms with van der Waals surface area (Å²) in [5, 5.41) is 0.991. The molecule has 2 aromatic rings. The first kappa shape index (κ1) is 11.1. The molecule has 0 saturated carbocycles. The van der Waals surface area contributed by atoms with E-state index in [9.17, 15) is 4.79 Å². The number of nitrogen functional groups attached to an aromatic ring is 1. The topological polar surface area (TPSA) is 62.1 Å². The number of nitrogens with two attached hydrogens (primary N) is 1. The number of benzene rings is 1. The zero-order chi connectivity index (χ0) is 12.7. The van der Waals surface area contributed by atoms with Crippen LogP contribution >= 0.6 is 0 Å². The number of hydrogen-bond donors (Lipinski definition) is 2. The van der Waals surface area contributed by atoms with E-state index < -0.39 is 0 Å². The summed E-state index contributed by atoms with van der Waals surface area (Å²) in [6, 6.07) is 7.59. The van der Waals surface area contributed by atoms with Crippen LogP contribution in [0.2, 0.25) is 0 Å². The molecule has 2 heterocycles. The van der Waals surface area contributed by atoms with Gasteiger partial charge < -0.3 is 15.6 Å². The number of H-pyrrole nitrogens is 1. The first-order chi connectivity index (χ1) is 8.65. The molecule has 1 aromatic heterocycles. The fourth-order valence-corrected chi connectivity index (χ4v) is 2.58. The Bertz CT molecular complexity index is 602. The average molecular weight is 243 g/mol. The molecule has 1 unspecified atom stereocenters. The molecule has 3 rings (SSSR count). The first-order valence-electron chi connectivity index (χ1n) is 6.31. The lowest BCUT2D eigenvalue weighted by molar-refractivity contribution is 0.0783. The number of nitrogens with one attached hydrogen (secondary N) is 1. The number of carbonyl (C=O) groups is 1. The summed E-state index contributed by atoms with van der Waals surface area (Å²) in [7, 11) is 0. The number of likely N-dealkylation sites (tertiary alicyclic amines) is 1. The number of carbonyl (C=O) groups excluding carboxylic acids is 1. The number of fused-ring (bicyclic) bond motifs is 1. The van der Waals surface area contributed by atoms with E-state index >= 15 is 0 Å². The van der Waals surface area contributed by atoms with E-state index in [2.05, 4.69) is 11.9 Å². The van der Waals surface area contributed by atoms with Crippen molar-refractivity contribution in [3.63, 3.8) is 0 Å². The molecule has 1 aliphatic heterocycles. The summed E-state index contributed by atoms with van der Waals surface area (Å²) >= 11 is 0. The maximum absolute atomic E-state index is 12.3. The summed E-state index contributed by atoms with van der Waals surface area (Å²) in [5.41, 5.74) is 8.06. The molecule has 3 N–H and O–H groups in total. The summed E-state index contributed by atoms with van der Waals surface area (Å²) in [5.74, 6) is 0.679. The van der Waals surface area contributed by atoms with E-state index in [1.54, 1.807) is 0 Å². The van der Waals surface area contributed by atoms with E-state index in [1.165, 1.54) is 0 Å². The maximum Gasteiger partial charge on any atom is 0.270 e. The normalized spacial score (nSPS) is 19.6. The van der Waals surface area contributed by atoms with Gasteiger partial charge in [0.25, 0.3) is 5.91 Å². The molecule has 0 aliphatic carbocycles. The molecule has 0 radical (unpaired) electrons. The van der Waals surface area contributed by atoms with E-state index in [0.29, 0.717) is 17.3 Å². The van der Waals surface area contributed by atoms with Crippen LogP contribution in [-0.4, -0.2) is 28.9 Å². The Morgan fingerprint density at radius 1 is 1.50 bits per heavy atom. The lowest BCUT2D eigenvalue weighted by Gasteiger charge is -2.14. The molecule has 94 valence electrons. The third kappa shape index (κ3) is 1.74. The second kappa shape index (κ2) is 4.05. The van der Waals surface area contributed by atoms with E-state index in [1.807, 2.05) is 29.2 Å². The maximum atomic E-state index is 12.3. The van der Waals surface area contributed by atoms with E-state index in [0.717, 1.165) is 30.4 Å². The molecular formula is C14H17N3O. The zero-order valence-electron chi connectivity index (χ0n) is 10.4. The fourth-order valence-electron chi connectivity index (χ4n) is 2.58. The van der Waals surface area contributed by atoms with Crippen LogP contribution in [-0.2, 0) is 0 Å². The number of hydrogen-bond acceptors (Lipinski definition) is 2. The number of aromatic amines is 1. The van der Waals surface area contributed by atoms with Gasteiger partial charge in [0.05, 0.1) is 11.2 Å². The van der Waals surface area contributed by atoms with Crippen LogP contribution in [0.3, 0.4) is 0 Å². The number of aromatic nitrogens is 1. The molecule has 1 saturated heterocycles. The van der Waals surface area contributed by atoms with Gasteiger partial charge in [-0.15, -0.1) is 0 Å². The SMILES string of the molecule is CC1CCN(C(=O)c2cc3cccc(N)c3[nH]2)C1. The van der Waals surface area contributed by atoms with Crippen molar-refractivity contribution in [1.29, 1.82) is 0 Å². The van der Waals surface area contributed by atoms with Gasteiger partial charge in [0.1, 0.15) is 5.69 Å². The predicted molar refractivity (Wildman–Crippen MR) is 72.4 cm³/mol. The quantitative estimate of drug-likeness (QED) is 0.754. The largest absolute Gasteiger partial charge is 0.397 e. The van der Waals surface area contributed by atoms with Crippen molar-refractivity contribution in [3.05, 3.63) is 30.0 Å². The molecule has 1 amide bonds. The third-order valence-corrected chi connectivity index (χ3v) is 3.63. The molecule has 0 bridgehead atoms. The monoisotopic (exact) mass is 243 g/mol. The highest BCUT2D eigenvalue weighted by molar-refractivity contribution is 6.00. The molecule has 1 fully saturated rings. The van der Waals surface area contributed by atoms with Crippen molar-refractivity contribution in [2.24, 2.45) is 5.92 Å². The van der Waals surface area contributed by atoms with Crippen molar-refractivity contribution in [2.45, 2.75) is 13.3 Å². The number of nitrogens with zero attached hydrogens (tertiary/aromatic N) is 1. The Kier molecular flexibility index (Phi) is 2.51. The van der Waals surface area contributed by atoms with Crippen molar-refractivity contribution in [3.8, 4) is 0 Å². The Balaban J connectivity index is 1.95. The standard InChI is InChI=1S/C14H17N3O/c1-9-5-6-17(8-9)14(18)12-7-10-3-2-4-11(15)13(10)16-12/h2-4,7,9,16H,5-6,8,15H2,1H3. The smallest absolute Gasteiger partial charge is 0.270 e. The lowest BCUT2D eigenvalue weighted by Crippen LogP contribution is -2.28. The summed E-state index contributed by atoms with van der Waals surface area (Å²) in [6.07, 6.45) is 1.09. The Hall–Kier alpha value is -1.97. The highest BCUT2D eigenvalue weighted by atomic mass is 16.2. The van der Waals surface area contributed by atoms with Crippen LogP contribution in [0.4, 0.5) is 5.69 Å². The second-order valence-corrected chi connectivity index (χ2v) is 5.14. The number of rotatable bonds is 1. The van der Waals surface area contributed by atoms with Gasteiger partial charge in [-0.05, 0) is 24.5 Å². The van der Waals surface area contributed by atoms with Gasteiger partial charge in [0.15, 0.2) is 0 Å². The van der Waals surface area contributed by atoms with E-state index in [4.69, 9.17) is 5.73 Å². The Morgan fingerprint density at radius 2 is 2.33 bits per heavy atom. The fraction of sp³-hybridized carbons (Fsp3) is 0.357. The van der Waals surface area contributed by atoms with Crippen LogP contribution in [0.25, 0.3) is 10.9 Å². The summed E-state index contributed by atoms with van der Waals surface area (Å²) < 4.78 is 0. The molecule has 0 spiro atoms. The minimum Gasteiger partial charge on any atom is -0.397 e. The van der Waals surface area contributed by atoms with E-state index in [-0.39, 0.29) is 5.91 Å². The van der Waals surface area contributed by atoms with Gasteiger partial charge in [-0.3, -0.25) is 4.79 Å². The van der Waals surface area contributed by atoms with Gasteiger partial charge in [-0.25, -0.2) is 0 Å². The molecule has 1 aromatic carbocycles. The van der Waals surface area contributed by atoms with Crippen LogP contribution < -0.4 is 5.73 Å². The average Bonchev–Trinajstić information content (AvgIpc) is 2.95. The van der Waals surface area contributed by atoms with Crippen molar-refractivity contribution in [2.75, 3.05) is 18.8 Å². The van der Waals surface area contributed by atoms with Crippen LogP contribution in [0.15, 0.2) is 24.3 Å². The minimum atomic E-state index is 0.0787. The van der Waals surface area contributed by atoms with Crippen LogP contribution in [0.1, 0.15) is 23.8 Å². The molecular weight excluding hydrogens is 226 g/mol.